The van der Waals surface area contributed by atoms with Crippen molar-refractivity contribution >= 4 is 11.3 Å². The lowest BCUT2D eigenvalue weighted by Crippen LogP contribution is -2.12. The normalized spacial score (nSPS) is 10.7. The Bertz CT molecular complexity index is 753. The molecule has 23 heavy (non-hydrogen) atoms. The zero-order valence-electron chi connectivity index (χ0n) is 12.8. The molecule has 5 heteroatoms. The molecular weight excluding hydrogens is 311 g/mol. The van der Waals surface area contributed by atoms with Gasteiger partial charge in [-0.05, 0) is 47.5 Å². The van der Waals surface area contributed by atoms with Crippen molar-refractivity contribution in [1.29, 1.82) is 0 Å². The first-order valence-electron chi connectivity index (χ1n) is 7.29. The molecule has 0 aliphatic rings. The van der Waals surface area contributed by atoms with Crippen molar-refractivity contribution < 1.29 is 9.13 Å². The van der Waals surface area contributed by atoms with Crippen molar-refractivity contribution in [2.24, 2.45) is 0 Å². The van der Waals surface area contributed by atoms with Crippen molar-refractivity contribution in [1.82, 2.24) is 10.3 Å². The van der Waals surface area contributed by atoms with E-state index in [9.17, 15) is 4.39 Å². The number of rotatable bonds is 6. The molecule has 0 bridgehead atoms. The third kappa shape index (κ3) is 4.15. The van der Waals surface area contributed by atoms with Gasteiger partial charge in [0.05, 0.1) is 12.0 Å². The van der Waals surface area contributed by atoms with E-state index in [-0.39, 0.29) is 5.82 Å². The third-order valence-corrected chi connectivity index (χ3v) is 4.49. The van der Waals surface area contributed by atoms with Gasteiger partial charge in [-0.2, -0.15) is 0 Å². The number of hydrogen-bond donors (Lipinski definition) is 1. The number of hydrogen-bond acceptors (Lipinski definition) is 4. The highest BCUT2D eigenvalue weighted by Crippen LogP contribution is 2.27. The molecule has 3 nitrogen and oxygen atoms in total. The molecule has 0 saturated heterocycles. The molecule has 0 fully saturated rings. The molecule has 0 radical (unpaired) electrons. The summed E-state index contributed by atoms with van der Waals surface area (Å²) in [6.07, 6.45) is 1.89. The minimum absolute atomic E-state index is 0.210. The zero-order valence-corrected chi connectivity index (χ0v) is 13.6. The Morgan fingerprint density at radius 2 is 1.78 bits per heavy atom. The fourth-order valence-electron chi connectivity index (χ4n) is 2.20. The van der Waals surface area contributed by atoms with Crippen LogP contribution in [0.4, 0.5) is 4.39 Å². The van der Waals surface area contributed by atoms with Gasteiger partial charge in [-0.1, -0.05) is 12.1 Å². The first-order valence-corrected chi connectivity index (χ1v) is 8.10. The molecule has 0 saturated carbocycles. The van der Waals surface area contributed by atoms with Crippen LogP contribution in [0.5, 0.6) is 5.75 Å². The molecule has 0 spiro atoms. The fourth-order valence-corrected chi connectivity index (χ4v) is 3.09. The van der Waals surface area contributed by atoms with E-state index in [1.807, 2.05) is 30.5 Å². The van der Waals surface area contributed by atoms with Crippen LogP contribution in [0.25, 0.3) is 10.4 Å². The highest BCUT2D eigenvalue weighted by Gasteiger charge is 2.05. The molecule has 0 amide bonds. The standard InChI is InChI=1S/C18H17FN2OS/c1-22-16-8-4-14(5-9-16)17-11-21-18(23-17)12-20-10-13-2-6-15(19)7-3-13/h2-9,11,20H,10,12H2,1H3. The minimum atomic E-state index is -0.210. The number of nitrogens with zero attached hydrogens (tertiary/aromatic N) is 1. The highest BCUT2D eigenvalue weighted by atomic mass is 32.1. The van der Waals surface area contributed by atoms with Gasteiger partial charge in [0.15, 0.2) is 0 Å². The van der Waals surface area contributed by atoms with Crippen LogP contribution in [0.1, 0.15) is 10.6 Å². The van der Waals surface area contributed by atoms with Crippen LogP contribution in [0.2, 0.25) is 0 Å². The molecule has 0 unspecified atom stereocenters. The predicted molar refractivity (Wildman–Crippen MR) is 91.0 cm³/mol. The third-order valence-electron chi connectivity index (χ3n) is 3.45. The molecule has 2 aromatic carbocycles. The number of methoxy groups -OCH3 is 1. The van der Waals surface area contributed by atoms with Crippen LogP contribution in [0.15, 0.2) is 54.7 Å². The molecule has 118 valence electrons. The predicted octanol–water partition coefficient (Wildman–Crippen LogP) is 4.25. The summed E-state index contributed by atoms with van der Waals surface area (Å²) in [6.45, 7) is 1.38. The van der Waals surface area contributed by atoms with E-state index in [0.717, 1.165) is 26.8 Å². The van der Waals surface area contributed by atoms with Gasteiger partial charge in [0, 0.05) is 19.3 Å². The molecule has 0 atom stereocenters. The number of thiazole rings is 1. The van der Waals surface area contributed by atoms with Gasteiger partial charge in [0.2, 0.25) is 0 Å². The molecule has 1 heterocycles. The molecule has 3 rings (SSSR count). The summed E-state index contributed by atoms with van der Waals surface area (Å²) in [5, 5.41) is 4.35. The average Bonchev–Trinajstić information content (AvgIpc) is 3.06. The molecule has 1 aromatic heterocycles. The van der Waals surface area contributed by atoms with Gasteiger partial charge in [0.25, 0.3) is 0 Å². The number of halogens is 1. The van der Waals surface area contributed by atoms with Crippen molar-refractivity contribution in [2.45, 2.75) is 13.1 Å². The molecule has 0 aliphatic carbocycles. The van der Waals surface area contributed by atoms with E-state index < -0.39 is 0 Å². The fraction of sp³-hybridized carbons (Fsp3) is 0.167. The van der Waals surface area contributed by atoms with Crippen molar-refractivity contribution in [3.05, 3.63) is 71.1 Å². The van der Waals surface area contributed by atoms with Gasteiger partial charge in [-0.15, -0.1) is 11.3 Å². The van der Waals surface area contributed by atoms with Gasteiger partial charge in [-0.3, -0.25) is 0 Å². The van der Waals surface area contributed by atoms with E-state index in [2.05, 4.69) is 10.3 Å². The van der Waals surface area contributed by atoms with Crippen LogP contribution >= 0.6 is 11.3 Å². The summed E-state index contributed by atoms with van der Waals surface area (Å²) >= 11 is 1.66. The summed E-state index contributed by atoms with van der Waals surface area (Å²) in [6, 6.07) is 14.5. The zero-order chi connectivity index (χ0) is 16.1. The summed E-state index contributed by atoms with van der Waals surface area (Å²) < 4.78 is 18.0. The summed E-state index contributed by atoms with van der Waals surface area (Å²) in [4.78, 5) is 5.58. The van der Waals surface area contributed by atoms with Crippen molar-refractivity contribution in [2.75, 3.05) is 7.11 Å². The Hall–Kier alpha value is -2.24. The molecule has 3 aromatic rings. The summed E-state index contributed by atoms with van der Waals surface area (Å²) in [7, 11) is 1.66. The Morgan fingerprint density at radius 3 is 2.48 bits per heavy atom. The number of ether oxygens (including phenoxy) is 1. The lowest BCUT2D eigenvalue weighted by molar-refractivity contribution is 0.415. The second-order valence-electron chi connectivity index (χ2n) is 5.08. The van der Waals surface area contributed by atoms with E-state index in [1.54, 1.807) is 30.6 Å². The van der Waals surface area contributed by atoms with E-state index in [4.69, 9.17) is 4.74 Å². The monoisotopic (exact) mass is 328 g/mol. The Balaban J connectivity index is 1.57. The Labute approximate surface area is 138 Å². The molecular formula is C18H17FN2OS. The van der Waals surface area contributed by atoms with Crippen LogP contribution < -0.4 is 10.1 Å². The number of nitrogens with one attached hydrogen (secondary N) is 1. The van der Waals surface area contributed by atoms with Crippen LogP contribution in [-0.4, -0.2) is 12.1 Å². The summed E-state index contributed by atoms with van der Waals surface area (Å²) in [5.74, 6) is 0.636. The Kier molecular flexibility index (Phi) is 5.00. The Morgan fingerprint density at radius 1 is 1.04 bits per heavy atom. The largest absolute Gasteiger partial charge is 0.497 e. The van der Waals surface area contributed by atoms with Gasteiger partial charge < -0.3 is 10.1 Å². The first-order chi connectivity index (χ1) is 11.2. The maximum atomic E-state index is 12.8. The van der Waals surface area contributed by atoms with Crippen LogP contribution in [-0.2, 0) is 13.1 Å². The average molecular weight is 328 g/mol. The summed E-state index contributed by atoms with van der Waals surface area (Å²) in [5.41, 5.74) is 2.19. The number of benzene rings is 2. The van der Waals surface area contributed by atoms with Crippen molar-refractivity contribution in [3.8, 4) is 16.2 Å². The second kappa shape index (κ2) is 7.35. The maximum absolute atomic E-state index is 12.8. The lowest BCUT2D eigenvalue weighted by atomic mass is 10.2. The van der Waals surface area contributed by atoms with Gasteiger partial charge >= 0.3 is 0 Å². The van der Waals surface area contributed by atoms with E-state index >= 15 is 0 Å². The quantitative estimate of drug-likeness (QED) is 0.734. The SMILES string of the molecule is COc1ccc(-c2cnc(CNCc3ccc(F)cc3)s2)cc1. The topological polar surface area (TPSA) is 34.1 Å². The molecule has 1 N–H and O–H groups in total. The minimum Gasteiger partial charge on any atom is -0.497 e. The lowest BCUT2D eigenvalue weighted by Gasteiger charge is -2.02. The number of aromatic nitrogens is 1. The van der Waals surface area contributed by atoms with Gasteiger partial charge in [0.1, 0.15) is 16.6 Å². The molecule has 0 aliphatic heterocycles. The smallest absolute Gasteiger partial charge is 0.123 e. The van der Waals surface area contributed by atoms with Crippen LogP contribution in [0.3, 0.4) is 0 Å². The van der Waals surface area contributed by atoms with E-state index in [0.29, 0.717) is 13.1 Å². The highest BCUT2D eigenvalue weighted by molar-refractivity contribution is 7.15. The first kappa shape index (κ1) is 15.6. The second-order valence-corrected chi connectivity index (χ2v) is 6.19. The maximum Gasteiger partial charge on any atom is 0.123 e. The van der Waals surface area contributed by atoms with E-state index in [1.165, 1.54) is 12.1 Å². The van der Waals surface area contributed by atoms with Crippen LogP contribution in [0, 0.1) is 5.82 Å². The van der Waals surface area contributed by atoms with Gasteiger partial charge in [-0.25, -0.2) is 9.37 Å². The van der Waals surface area contributed by atoms with Crippen molar-refractivity contribution in [3.63, 3.8) is 0 Å².